The summed E-state index contributed by atoms with van der Waals surface area (Å²) in [6.45, 7) is 0. The highest BCUT2D eigenvalue weighted by molar-refractivity contribution is 6.04. The minimum Gasteiger partial charge on any atom is -0.481 e. The molecule has 1 amide bonds. The lowest BCUT2D eigenvalue weighted by molar-refractivity contribution is 0.102. The molecule has 0 aliphatic carbocycles. The van der Waals surface area contributed by atoms with E-state index in [1.807, 2.05) is 6.07 Å². The number of methoxy groups -OCH3 is 1. The third-order valence-electron chi connectivity index (χ3n) is 2.48. The van der Waals surface area contributed by atoms with Gasteiger partial charge in [-0.2, -0.15) is 5.26 Å². The molecule has 0 saturated carbocycles. The molecule has 0 bridgehead atoms. The van der Waals surface area contributed by atoms with Gasteiger partial charge in [0.1, 0.15) is 0 Å². The SMILES string of the molecule is COc1cc(C(=O)Nc2ccc(C#N)cc2)ccn1. The Bertz CT molecular complexity index is 630. The molecule has 1 heterocycles. The summed E-state index contributed by atoms with van der Waals surface area (Å²) in [6.07, 6.45) is 1.51. The number of pyridine rings is 1. The first-order chi connectivity index (χ1) is 9.22. The van der Waals surface area contributed by atoms with Gasteiger partial charge in [-0.25, -0.2) is 4.98 Å². The molecule has 0 spiro atoms. The number of anilines is 1. The molecule has 0 unspecified atom stereocenters. The van der Waals surface area contributed by atoms with Gasteiger partial charge in [-0.15, -0.1) is 0 Å². The number of benzene rings is 1. The third-order valence-corrected chi connectivity index (χ3v) is 2.48. The van der Waals surface area contributed by atoms with Gasteiger partial charge in [-0.05, 0) is 30.3 Å². The van der Waals surface area contributed by atoms with Crippen molar-refractivity contribution in [1.29, 1.82) is 5.26 Å². The molecule has 2 rings (SSSR count). The van der Waals surface area contributed by atoms with Crippen LogP contribution in [0.4, 0.5) is 5.69 Å². The summed E-state index contributed by atoms with van der Waals surface area (Å²) in [4.78, 5) is 15.9. The minimum atomic E-state index is -0.259. The molecule has 0 fully saturated rings. The number of nitrogens with one attached hydrogen (secondary N) is 1. The summed E-state index contributed by atoms with van der Waals surface area (Å²) < 4.78 is 4.96. The second-order valence-corrected chi connectivity index (χ2v) is 3.73. The van der Waals surface area contributed by atoms with Crippen molar-refractivity contribution in [1.82, 2.24) is 4.98 Å². The van der Waals surface area contributed by atoms with E-state index in [0.29, 0.717) is 22.7 Å². The molecule has 0 radical (unpaired) electrons. The largest absolute Gasteiger partial charge is 0.481 e. The maximum absolute atomic E-state index is 12.0. The van der Waals surface area contributed by atoms with Crippen LogP contribution in [0.3, 0.4) is 0 Å². The topological polar surface area (TPSA) is 75.0 Å². The molecule has 5 nitrogen and oxygen atoms in total. The smallest absolute Gasteiger partial charge is 0.255 e. The average Bonchev–Trinajstić information content (AvgIpc) is 2.48. The highest BCUT2D eigenvalue weighted by Gasteiger charge is 2.07. The van der Waals surface area contributed by atoms with E-state index >= 15 is 0 Å². The van der Waals surface area contributed by atoms with Crippen LogP contribution < -0.4 is 10.1 Å². The molecule has 2 aromatic rings. The Kier molecular flexibility index (Phi) is 3.74. The van der Waals surface area contributed by atoms with Crippen molar-refractivity contribution in [2.24, 2.45) is 0 Å². The van der Waals surface area contributed by atoms with Crippen molar-refractivity contribution in [2.45, 2.75) is 0 Å². The van der Waals surface area contributed by atoms with Crippen molar-refractivity contribution in [3.63, 3.8) is 0 Å². The lowest BCUT2D eigenvalue weighted by Gasteiger charge is -2.06. The molecule has 19 heavy (non-hydrogen) atoms. The number of aromatic nitrogens is 1. The lowest BCUT2D eigenvalue weighted by atomic mass is 10.2. The second-order valence-electron chi connectivity index (χ2n) is 3.73. The summed E-state index contributed by atoms with van der Waals surface area (Å²) in [5, 5.41) is 11.4. The van der Waals surface area contributed by atoms with Gasteiger partial charge >= 0.3 is 0 Å². The minimum absolute atomic E-state index is 0.259. The molecule has 0 aliphatic heterocycles. The molecule has 0 atom stereocenters. The number of amides is 1. The Morgan fingerprint density at radius 3 is 2.68 bits per heavy atom. The Morgan fingerprint density at radius 1 is 1.32 bits per heavy atom. The van der Waals surface area contributed by atoms with E-state index < -0.39 is 0 Å². The Labute approximate surface area is 110 Å². The summed E-state index contributed by atoms with van der Waals surface area (Å²) in [5.41, 5.74) is 1.62. The second kappa shape index (κ2) is 5.65. The highest BCUT2D eigenvalue weighted by Crippen LogP contribution is 2.13. The van der Waals surface area contributed by atoms with Crippen LogP contribution in [0.15, 0.2) is 42.6 Å². The van der Waals surface area contributed by atoms with E-state index in [2.05, 4.69) is 10.3 Å². The number of nitriles is 1. The molecule has 1 aromatic carbocycles. The third kappa shape index (κ3) is 3.07. The Morgan fingerprint density at radius 2 is 2.05 bits per heavy atom. The molecule has 1 N–H and O–H groups in total. The van der Waals surface area contributed by atoms with E-state index in [1.54, 1.807) is 36.4 Å². The van der Waals surface area contributed by atoms with Gasteiger partial charge in [-0.1, -0.05) is 0 Å². The number of hydrogen-bond acceptors (Lipinski definition) is 4. The van der Waals surface area contributed by atoms with Crippen LogP contribution in [0.2, 0.25) is 0 Å². The van der Waals surface area contributed by atoms with Crippen LogP contribution in [-0.2, 0) is 0 Å². The number of nitrogens with zero attached hydrogens (tertiary/aromatic N) is 2. The first kappa shape index (κ1) is 12.6. The van der Waals surface area contributed by atoms with Crippen LogP contribution in [0.1, 0.15) is 15.9 Å². The quantitative estimate of drug-likeness (QED) is 0.910. The van der Waals surface area contributed by atoms with E-state index in [1.165, 1.54) is 13.3 Å². The fourth-order valence-electron chi connectivity index (χ4n) is 1.49. The zero-order valence-electron chi connectivity index (χ0n) is 10.3. The van der Waals surface area contributed by atoms with Crippen LogP contribution in [0.5, 0.6) is 5.88 Å². The zero-order chi connectivity index (χ0) is 13.7. The van der Waals surface area contributed by atoms with Crippen LogP contribution in [0.25, 0.3) is 0 Å². The molecular weight excluding hydrogens is 242 g/mol. The number of rotatable bonds is 3. The standard InChI is InChI=1S/C14H11N3O2/c1-19-13-8-11(6-7-16-13)14(18)17-12-4-2-10(9-15)3-5-12/h2-8H,1H3,(H,17,18). The summed E-state index contributed by atoms with van der Waals surface area (Å²) >= 11 is 0. The predicted octanol–water partition coefficient (Wildman–Crippen LogP) is 2.21. The van der Waals surface area contributed by atoms with Crippen molar-refractivity contribution in [3.05, 3.63) is 53.7 Å². The van der Waals surface area contributed by atoms with E-state index in [4.69, 9.17) is 10.00 Å². The first-order valence-corrected chi connectivity index (χ1v) is 5.54. The fourth-order valence-corrected chi connectivity index (χ4v) is 1.49. The van der Waals surface area contributed by atoms with Crippen molar-refractivity contribution in [2.75, 3.05) is 12.4 Å². The van der Waals surface area contributed by atoms with Gasteiger partial charge in [0.15, 0.2) is 0 Å². The molecular formula is C14H11N3O2. The first-order valence-electron chi connectivity index (χ1n) is 5.54. The molecule has 0 saturated heterocycles. The summed E-state index contributed by atoms with van der Waals surface area (Å²) in [7, 11) is 1.49. The van der Waals surface area contributed by atoms with Crippen LogP contribution in [0, 0.1) is 11.3 Å². The Hall–Kier alpha value is -2.87. The van der Waals surface area contributed by atoms with Gasteiger partial charge in [0.25, 0.3) is 5.91 Å². The summed E-state index contributed by atoms with van der Waals surface area (Å²) in [5.74, 6) is 0.123. The molecule has 5 heteroatoms. The predicted molar refractivity (Wildman–Crippen MR) is 69.9 cm³/mol. The lowest BCUT2D eigenvalue weighted by Crippen LogP contribution is -2.12. The fraction of sp³-hybridized carbons (Fsp3) is 0.0714. The van der Waals surface area contributed by atoms with Crippen molar-refractivity contribution < 1.29 is 9.53 Å². The zero-order valence-corrected chi connectivity index (χ0v) is 10.3. The molecule has 0 aliphatic rings. The van der Waals surface area contributed by atoms with Gasteiger partial charge in [0.05, 0.1) is 18.7 Å². The van der Waals surface area contributed by atoms with Gasteiger partial charge < -0.3 is 10.1 Å². The van der Waals surface area contributed by atoms with Crippen molar-refractivity contribution >= 4 is 11.6 Å². The number of carbonyl (C=O) groups is 1. The average molecular weight is 253 g/mol. The van der Waals surface area contributed by atoms with E-state index in [0.717, 1.165) is 0 Å². The number of hydrogen-bond donors (Lipinski definition) is 1. The maximum Gasteiger partial charge on any atom is 0.255 e. The maximum atomic E-state index is 12.0. The number of ether oxygens (including phenoxy) is 1. The van der Waals surface area contributed by atoms with Gasteiger partial charge in [0, 0.05) is 23.5 Å². The Balaban J connectivity index is 2.13. The normalized spacial score (nSPS) is 9.47. The van der Waals surface area contributed by atoms with E-state index in [-0.39, 0.29) is 5.91 Å². The van der Waals surface area contributed by atoms with Crippen molar-refractivity contribution in [3.8, 4) is 11.9 Å². The van der Waals surface area contributed by atoms with Gasteiger partial charge in [0.2, 0.25) is 5.88 Å². The molecule has 94 valence electrons. The summed E-state index contributed by atoms with van der Waals surface area (Å²) in [6, 6.07) is 11.8. The van der Waals surface area contributed by atoms with Crippen LogP contribution in [-0.4, -0.2) is 18.0 Å². The number of carbonyl (C=O) groups excluding carboxylic acids is 1. The van der Waals surface area contributed by atoms with Crippen LogP contribution >= 0.6 is 0 Å². The van der Waals surface area contributed by atoms with E-state index in [9.17, 15) is 4.79 Å². The van der Waals surface area contributed by atoms with Gasteiger partial charge in [-0.3, -0.25) is 4.79 Å². The monoisotopic (exact) mass is 253 g/mol. The highest BCUT2D eigenvalue weighted by atomic mass is 16.5. The molecule has 1 aromatic heterocycles.